The fourth-order valence-electron chi connectivity index (χ4n) is 3.38. The van der Waals surface area contributed by atoms with Gasteiger partial charge in [-0.2, -0.15) is 10.2 Å². The number of rotatable bonds is 6. The Bertz CT molecular complexity index is 1430. The molecule has 35 heavy (non-hydrogen) atoms. The molecule has 0 saturated carbocycles. The van der Waals surface area contributed by atoms with E-state index in [9.17, 15) is 9.59 Å². The molecule has 0 unspecified atom stereocenters. The van der Waals surface area contributed by atoms with Gasteiger partial charge in [0.25, 0.3) is 11.8 Å². The van der Waals surface area contributed by atoms with Crippen LogP contribution in [-0.2, 0) is 0 Å². The van der Waals surface area contributed by atoms with Gasteiger partial charge < -0.3 is 15.4 Å². The number of hydrogen-bond donors (Lipinski definition) is 2. The van der Waals surface area contributed by atoms with Gasteiger partial charge in [-0.25, -0.2) is 0 Å². The molecular formula is C25H21ClN6O3. The van der Waals surface area contributed by atoms with Gasteiger partial charge in [0, 0.05) is 35.6 Å². The molecular weight excluding hydrogens is 468 g/mol. The first-order valence-corrected chi connectivity index (χ1v) is 10.9. The fraction of sp³-hybridized carbons (Fsp3) is 0.120. The summed E-state index contributed by atoms with van der Waals surface area (Å²) in [6, 6.07) is 11.9. The number of nitrogens with one attached hydrogen (secondary N) is 2. The fourth-order valence-corrected chi connectivity index (χ4v) is 3.58. The number of halogens is 1. The highest BCUT2D eigenvalue weighted by molar-refractivity contribution is 6.32. The van der Waals surface area contributed by atoms with Crippen LogP contribution in [0.25, 0.3) is 22.4 Å². The van der Waals surface area contributed by atoms with E-state index in [0.29, 0.717) is 44.7 Å². The highest BCUT2D eigenvalue weighted by Crippen LogP contribution is 2.28. The van der Waals surface area contributed by atoms with Crippen molar-refractivity contribution in [3.8, 4) is 28.1 Å². The van der Waals surface area contributed by atoms with Crippen LogP contribution in [0.2, 0.25) is 5.02 Å². The van der Waals surface area contributed by atoms with Crippen molar-refractivity contribution in [1.29, 1.82) is 0 Å². The molecule has 0 saturated heterocycles. The Kier molecular flexibility index (Phi) is 6.98. The lowest BCUT2D eigenvalue weighted by atomic mass is 10.0. The van der Waals surface area contributed by atoms with Crippen LogP contribution in [0.15, 0.2) is 61.1 Å². The number of ether oxygens (including phenoxy) is 1. The van der Waals surface area contributed by atoms with Crippen molar-refractivity contribution < 1.29 is 14.3 Å². The third-order valence-electron chi connectivity index (χ3n) is 5.24. The Labute approximate surface area is 206 Å². The Morgan fingerprint density at radius 1 is 0.971 bits per heavy atom. The molecule has 0 atom stereocenters. The minimum atomic E-state index is -0.338. The monoisotopic (exact) mass is 488 g/mol. The summed E-state index contributed by atoms with van der Waals surface area (Å²) < 4.78 is 5.19. The Morgan fingerprint density at radius 3 is 2.57 bits per heavy atom. The van der Waals surface area contributed by atoms with Gasteiger partial charge in [-0.1, -0.05) is 11.6 Å². The van der Waals surface area contributed by atoms with Gasteiger partial charge in [0.1, 0.15) is 11.4 Å². The molecule has 2 N–H and O–H groups in total. The van der Waals surface area contributed by atoms with E-state index in [-0.39, 0.29) is 11.8 Å². The van der Waals surface area contributed by atoms with E-state index in [1.54, 1.807) is 62.0 Å². The van der Waals surface area contributed by atoms with E-state index in [2.05, 4.69) is 30.8 Å². The van der Waals surface area contributed by atoms with E-state index in [1.807, 2.05) is 13.0 Å². The molecule has 4 aromatic rings. The molecule has 4 rings (SSSR count). The smallest absolute Gasteiger partial charge is 0.269 e. The highest BCUT2D eigenvalue weighted by Gasteiger charge is 2.14. The number of pyridine rings is 2. The standard InChI is InChI=1S/C25H21ClN6O3/c1-14-19(11-18(13-29-14)31-24(33)16-4-5-20(26)23(10-16)35-3)21-9-17(12-30-32-21)15-6-7-28-22(8-15)25(34)27-2/h4-13H,1-3H3,(H,27,34)(H,31,33). The normalized spacial score (nSPS) is 10.5. The van der Waals surface area contributed by atoms with Gasteiger partial charge in [-0.05, 0) is 55.0 Å². The second-order valence-corrected chi connectivity index (χ2v) is 7.91. The number of benzene rings is 1. The number of aryl methyl sites for hydroxylation is 1. The summed E-state index contributed by atoms with van der Waals surface area (Å²) >= 11 is 6.05. The average molecular weight is 489 g/mol. The molecule has 1 aromatic carbocycles. The molecule has 176 valence electrons. The molecule has 0 bridgehead atoms. The van der Waals surface area contributed by atoms with Crippen molar-refractivity contribution in [3.05, 3.63) is 83.0 Å². The first-order chi connectivity index (χ1) is 16.9. The number of carbonyl (C=O) groups excluding carboxylic acids is 2. The zero-order valence-electron chi connectivity index (χ0n) is 19.2. The predicted molar refractivity (Wildman–Crippen MR) is 133 cm³/mol. The van der Waals surface area contributed by atoms with Crippen molar-refractivity contribution >= 4 is 29.1 Å². The number of nitrogens with zero attached hydrogens (tertiary/aromatic N) is 4. The molecule has 10 heteroatoms. The van der Waals surface area contributed by atoms with E-state index in [0.717, 1.165) is 11.1 Å². The highest BCUT2D eigenvalue weighted by atomic mass is 35.5. The number of methoxy groups -OCH3 is 1. The summed E-state index contributed by atoms with van der Waals surface area (Å²) in [5.74, 6) is -0.212. The summed E-state index contributed by atoms with van der Waals surface area (Å²) in [4.78, 5) is 33.2. The minimum Gasteiger partial charge on any atom is -0.495 e. The van der Waals surface area contributed by atoms with Gasteiger partial charge in [0.05, 0.1) is 35.9 Å². The number of aromatic nitrogens is 4. The average Bonchev–Trinajstić information content (AvgIpc) is 2.89. The van der Waals surface area contributed by atoms with E-state index in [1.165, 1.54) is 7.11 Å². The summed E-state index contributed by atoms with van der Waals surface area (Å²) in [7, 11) is 3.04. The van der Waals surface area contributed by atoms with E-state index >= 15 is 0 Å². The lowest BCUT2D eigenvalue weighted by Crippen LogP contribution is -2.19. The summed E-state index contributed by atoms with van der Waals surface area (Å²) in [6.07, 6.45) is 4.74. The Hall–Kier alpha value is -4.37. The number of amides is 2. The quantitative estimate of drug-likeness (QED) is 0.417. The van der Waals surface area contributed by atoms with E-state index in [4.69, 9.17) is 16.3 Å². The van der Waals surface area contributed by atoms with Crippen LogP contribution in [0.3, 0.4) is 0 Å². The lowest BCUT2D eigenvalue weighted by Gasteiger charge is -2.11. The molecule has 0 aliphatic heterocycles. The molecule has 3 heterocycles. The zero-order chi connectivity index (χ0) is 24.9. The largest absolute Gasteiger partial charge is 0.495 e. The van der Waals surface area contributed by atoms with Gasteiger partial charge in [-0.3, -0.25) is 19.6 Å². The first kappa shape index (κ1) is 23.8. The lowest BCUT2D eigenvalue weighted by molar-refractivity contribution is 0.0957. The maximum absolute atomic E-state index is 12.8. The summed E-state index contributed by atoms with van der Waals surface area (Å²) in [6.45, 7) is 1.84. The molecule has 2 amide bonds. The van der Waals surface area contributed by atoms with Crippen LogP contribution in [0.5, 0.6) is 5.75 Å². The van der Waals surface area contributed by atoms with Gasteiger partial charge in [0.2, 0.25) is 0 Å². The molecule has 0 radical (unpaired) electrons. The summed E-state index contributed by atoms with van der Waals surface area (Å²) in [5, 5.41) is 14.2. The molecule has 3 aromatic heterocycles. The Morgan fingerprint density at radius 2 is 1.80 bits per heavy atom. The van der Waals surface area contributed by atoms with Crippen molar-refractivity contribution in [2.75, 3.05) is 19.5 Å². The van der Waals surface area contributed by atoms with Crippen molar-refractivity contribution in [2.45, 2.75) is 6.92 Å². The minimum absolute atomic E-state index is 0.282. The topological polar surface area (TPSA) is 119 Å². The van der Waals surface area contributed by atoms with Crippen molar-refractivity contribution in [1.82, 2.24) is 25.5 Å². The van der Waals surface area contributed by atoms with Gasteiger partial charge in [0.15, 0.2) is 0 Å². The van der Waals surface area contributed by atoms with Crippen molar-refractivity contribution in [2.24, 2.45) is 0 Å². The van der Waals surface area contributed by atoms with Gasteiger partial charge >= 0.3 is 0 Å². The van der Waals surface area contributed by atoms with Crippen LogP contribution in [0.4, 0.5) is 5.69 Å². The Balaban J connectivity index is 1.63. The maximum atomic E-state index is 12.8. The first-order valence-electron chi connectivity index (χ1n) is 10.5. The van der Waals surface area contributed by atoms with Crippen LogP contribution in [0.1, 0.15) is 26.5 Å². The maximum Gasteiger partial charge on any atom is 0.269 e. The second kappa shape index (κ2) is 10.3. The number of anilines is 1. The predicted octanol–water partition coefficient (Wildman–Crippen LogP) is 4.18. The van der Waals surface area contributed by atoms with E-state index < -0.39 is 0 Å². The molecule has 0 aliphatic rings. The molecule has 9 nitrogen and oxygen atoms in total. The van der Waals surface area contributed by atoms with Crippen molar-refractivity contribution in [3.63, 3.8) is 0 Å². The molecule has 0 fully saturated rings. The van der Waals surface area contributed by atoms with Gasteiger partial charge in [-0.15, -0.1) is 0 Å². The third kappa shape index (κ3) is 5.25. The van der Waals surface area contributed by atoms with Crippen LogP contribution in [-0.4, -0.2) is 46.1 Å². The zero-order valence-corrected chi connectivity index (χ0v) is 19.9. The second-order valence-electron chi connectivity index (χ2n) is 7.50. The SMILES string of the molecule is CNC(=O)c1cc(-c2cnnc(-c3cc(NC(=O)c4ccc(Cl)c(OC)c4)cnc3C)c2)ccn1. The number of carbonyl (C=O) groups is 2. The molecule has 0 aliphatic carbocycles. The number of hydrogen-bond acceptors (Lipinski definition) is 7. The van der Waals surface area contributed by atoms with Crippen LogP contribution < -0.4 is 15.4 Å². The summed E-state index contributed by atoms with van der Waals surface area (Å²) in [5.41, 5.74) is 4.67. The third-order valence-corrected chi connectivity index (χ3v) is 5.55. The van der Waals surface area contributed by atoms with Crippen LogP contribution in [0, 0.1) is 6.92 Å². The molecule has 0 spiro atoms. The van der Waals surface area contributed by atoms with Crippen LogP contribution >= 0.6 is 11.6 Å².